The fraction of sp³-hybridized carbons (Fsp3) is 0. The van der Waals surface area contributed by atoms with Crippen LogP contribution in [-0.4, -0.2) is 4.57 Å². The van der Waals surface area contributed by atoms with E-state index in [0.717, 1.165) is 27.5 Å². The molecule has 0 saturated carbocycles. The summed E-state index contributed by atoms with van der Waals surface area (Å²) in [6.07, 6.45) is 0. The van der Waals surface area contributed by atoms with E-state index in [1.54, 1.807) is 0 Å². The molecular weight excluding hydrogens is 617 g/mol. The zero-order valence-corrected chi connectivity index (χ0v) is 27.6. The van der Waals surface area contributed by atoms with Gasteiger partial charge in [-0.1, -0.05) is 115 Å². The first kappa shape index (κ1) is 27.9. The van der Waals surface area contributed by atoms with E-state index in [2.05, 4.69) is 168 Å². The fourth-order valence-electron chi connectivity index (χ4n) is 8.61. The maximum Gasteiger partial charge on any atom is 0.0998 e. The van der Waals surface area contributed by atoms with Crippen LogP contribution < -0.4 is 0 Å². The third-order valence-electron chi connectivity index (χ3n) is 10.9. The minimum atomic E-state index is 0.705. The normalized spacial score (nSPS) is 11.9. The van der Waals surface area contributed by atoms with Crippen LogP contribution in [0.15, 0.2) is 170 Å². The number of benzene rings is 10. The van der Waals surface area contributed by atoms with Gasteiger partial charge in [0.15, 0.2) is 0 Å². The quantitative estimate of drug-likeness (QED) is 0.175. The molecule has 0 aliphatic rings. The van der Waals surface area contributed by atoms with Crippen molar-refractivity contribution in [3.63, 3.8) is 0 Å². The molecule has 0 bridgehead atoms. The Labute approximate surface area is 294 Å². The summed E-state index contributed by atoms with van der Waals surface area (Å²) in [6, 6.07) is 63.9. The first-order valence-corrected chi connectivity index (χ1v) is 17.4. The number of rotatable bonds is 4. The average Bonchev–Trinajstić information content (AvgIpc) is 3.54. The van der Waals surface area contributed by atoms with Crippen molar-refractivity contribution < 1.29 is 0 Å². The van der Waals surface area contributed by atoms with Gasteiger partial charge in [0.25, 0.3) is 0 Å². The fourth-order valence-corrected chi connectivity index (χ4v) is 8.61. The molecule has 11 rings (SSSR count). The Balaban J connectivity index is 1.03. The minimum Gasteiger partial charge on any atom is -0.309 e. The van der Waals surface area contributed by atoms with Crippen LogP contribution in [0.3, 0.4) is 0 Å². The highest BCUT2D eigenvalue weighted by atomic mass is 15.0. The van der Waals surface area contributed by atoms with Crippen molar-refractivity contribution in [3.05, 3.63) is 175 Å². The molecule has 0 saturated heterocycles. The average molecular weight is 645 g/mol. The van der Waals surface area contributed by atoms with Crippen LogP contribution in [-0.2, 0) is 0 Å². The van der Waals surface area contributed by atoms with Crippen molar-refractivity contribution in [2.45, 2.75) is 0 Å². The summed E-state index contributed by atoms with van der Waals surface area (Å²) in [7, 11) is 0. The molecule has 11 aromatic rings. The minimum absolute atomic E-state index is 0.705. The first-order valence-electron chi connectivity index (χ1n) is 17.4. The van der Waals surface area contributed by atoms with Gasteiger partial charge in [0.05, 0.1) is 22.7 Å². The van der Waals surface area contributed by atoms with Crippen molar-refractivity contribution in [2.75, 3.05) is 0 Å². The van der Waals surface area contributed by atoms with Gasteiger partial charge in [-0.2, -0.15) is 5.26 Å². The standard InChI is InChI=1S/C49H28N2/c50-29-37-19-23-44-48-42(37)20-21-43-41(22-24-45(49(43)48)51(44)40-9-5-2-6-10-40)32-13-11-31(12-14-32)39-27-35-17-15-33-25-38(30-7-3-1-4-8-30)26-34-16-18-36(28-39)47(35)46(33)34/h1-28H. The summed E-state index contributed by atoms with van der Waals surface area (Å²) in [4.78, 5) is 0. The Morgan fingerprint density at radius 3 is 1.45 bits per heavy atom. The molecule has 1 heterocycles. The number of hydrogen-bond acceptors (Lipinski definition) is 1. The zero-order valence-electron chi connectivity index (χ0n) is 27.6. The molecule has 0 N–H and O–H groups in total. The van der Waals surface area contributed by atoms with E-state index in [9.17, 15) is 5.26 Å². The third kappa shape index (κ3) is 4.04. The van der Waals surface area contributed by atoms with Crippen LogP contribution in [0.25, 0.3) is 104 Å². The molecule has 0 amide bonds. The lowest BCUT2D eigenvalue weighted by atomic mass is 9.89. The van der Waals surface area contributed by atoms with Crippen LogP contribution >= 0.6 is 0 Å². The van der Waals surface area contributed by atoms with Gasteiger partial charge in [0.2, 0.25) is 0 Å². The summed E-state index contributed by atoms with van der Waals surface area (Å²) in [6.45, 7) is 0. The molecule has 0 radical (unpaired) electrons. The molecule has 0 spiro atoms. The predicted octanol–water partition coefficient (Wildman–Crippen LogP) is 13.1. The molecule has 0 aliphatic carbocycles. The lowest BCUT2D eigenvalue weighted by Crippen LogP contribution is -1.93. The Morgan fingerprint density at radius 2 is 0.863 bits per heavy atom. The van der Waals surface area contributed by atoms with E-state index < -0.39 is 0 Å². The molecule has 234 valence electrons. The van der Waals surface area contributed by atoms with Crippen molar-refractivity contribution >= 4 is 64.9 Å². The molecule has 51 heavy (non-hydrogen) atoms. The van der Waals surface area contributed by atoms with E-state index in [1.165, 1.54) is 76.5 Å². The molecule has 1 aromatic heterocycles. The second-order valence-electron chi connectivity index (χ2n) is 13.6. The number of hydrogen-bond donors (Lipinski definition) is 0. The molecule has 10 aromatic carbocycles. The van der Waals surface area contributed by atoms with Crippen molar-refractivity contribution in [3.8, 4) is 45.1 Å². The largest absolute Gasteiger partial charge is 0.309 e. The molecule has 0 unspecified atom stereocenters. The summed E-state index contributed by atoms with van der Waals surface area (Å²) in [5, 5.41) is 22.3. The van der Waals surface area contributed by atoms with Gasteiger partial charge in [-0.15, -0.1) is 0 Å². The maximum absolute atomic E-state index is 9.97. The van der Waals surface area contributed by atoms with Gasteiger partial charge in [-0.25, -0.2) is 0 Å². The van der Waals surface area contributed by atoms with Gasteiger partial charge >= 0.3 is 0 Å². The number of nitrogens with zero attached hydrogens (tertiary/aromatic N) is 2. The second-order valence-corrected chi connectivity index (χ2v) is 13.6. The van der Waals surface area contributed by atoms with E-state index in [-0.39, 0.29) is 0 Å². The number of aromatic nitrogens is 1. The SMILES string of the molecule is N#Cc1ccc2c3c1ccc1c(-c4ccc(-c5cc6ccc7cc(-c8ccccc8)cc8ccc(c5)c6c78)cc4)ccc(c13)n2-c1ccccc1. The van der Waals surface area contributed by atoms with Gasteiger partial charge in [0.1, 0.15) is 0 Å². The highest BCUT2D eigenvalue weighted by Gasteiger charge is 2.20. The predicted molar refractivity (Wildman–Crippen MR) is 214 cm³/mol. The topological polar surface area (TPSA) is 28.7 Å². The van der Waals surface area contributed by atoms with Crippen LogP contribution in [0.1, 0.15) is 5.56 Å². The van der Waals surface area contributed by atoms with Crippen LogP contribution in [0.5, 0.6) is 0 Å². The van der Waals surface area contributed by atoms with Crippen molar-refractivity contribution in [1.82, 2.24) is 4.57 Å². The van der Waals surface area contributed by atoms with Crippen LogP contribution in [0, 0.1) is 11.3 Å². The summed E-state index contributed by atoms with van der Waals surface area (Å²) < 4.78 is 2.33. The van der Waals surface area contributed by atoms with Gasteiger partial charge in [-0.3, -0.25) is 0 Å². The summed E-state index contributed by atoms with van der Waals surface area (Å²) >= 11 is 0. The molecule has 2 heteroatoms. The van der Waals surface area contributed by atoms with E-state index >= 15 is 0 Å². The lowest BCUT2D eigenvalue weighted by Gasteiger charge is -2.15. The maximum atomic E-state index is 9.97. The Hall–Kier alpha value is -6.95. The number of nitriles is 1. The molecule has 0 atom stereocenters. The second kappa shape index (κ2) is 10.5. The molecular formula is C49H28N2. The Kier molecular flexibility index (Phi) is 5.77. The molecule has 0 aliphatic heterocycles. The summed E-state index contributed by atoms with van der Waals surface area (Å²) in [5.41, 5.74) is 11.4. The third-order valence-corrected chi connectivity index (χ3v) is 10.9. The number of para-hydroxylation sites is 1. The van der Waals surface area contributed by atoms with E-state index in [4.69, 9.17) is 0 Å². The lowest BCUT2D eigenvalue weighted by molar-refractivity contribution is 1.18. The van der Waals surface area contributed by atoms with Gasteiger partial charge < -0.3 is 4.57 Å². The van der Waals surface area contributed by atoms with E-state index in [0.29, 0.717) is 5.56 Å². The van der Waals surface area contributed by atoms with Gasteiger partial charge in [0, 0.05) is 21.8 Å². The van der Waals surface area contributed by atoms with Crippen LogP contribution in [0.2, 0.25) is 0 Å². The Bertz CT molecular complexity index is 3100. The zero-order chi connectivity index (χ0) is 33.6. The highest BCUT2D eigenvalue weighted by Crippen LogP contribution is 2.44. The van der Waals surface area contributed by atoms with Gasteiger partial charge in [-0.05, 0) is 126 Å². The highest BCUT2D eigenvalue weighted by molar-refractivity contribution is 6.28. The molecule has 2 nitrogen and oxygen atoms in total. The van der Waals surface area contributed by atoms with E-state index in [1.807, 2.05) is 12.1 Å². The Morgan fingerprint density at radius 1 is 0.373 bits per heavy atom. The first-order chi connectivity index (χ1) is 25.2. The summed E-state index contributed by atoms with van der Waals surface area (Å²) in [5.74, 6) is 0. The van der Waals surface area contributed by atoms with Crippen molar-refractivity contribution in [1.29, 1.82) is 5.26 Å². The molecule has 0 fully saturated rings. The van der Waals surface area contributed by atoms with Crippen molar-refractivity contribution in [2.24, 2.45) is 0 Å². The smallest absolute Gasteiger partial charge is 0.0998 e. The monoisotopic (exact) mass is 644 g/mol. The van der Waals surface area contributed by atoms with Crippen LogP contribution in [0.4, 0.5) is 0 Å².